The molecule has 25 heavy (non-hydrogen) atoms. The van der Waals surface area contributed by atoms with Crippen molar-refractivity contribution >= 4 is 10.2 Å². The fourth-order valence-corrected chi connectivity index (χ4v) is 5.02. The Hall–Kier alpha value is -0.950. The second kappa shape index (κ2) is 8.16. The monoisotopic (exact) mass is 365 g/mol. The Morgan fingerprint density at radius 1 is 0.960 bits per heavy atom. The van der Waals surface area contributed by atoms with E-state index in [1.54, 1.807) is 18.4 Å². The maximum Gasteiger partial charge on any atom is 0.281 e. The third kappa shape index (κ3) is 4.82. The highest BCUT2D eigenvalue weighted by molar-refractivity contribution is 7.86. The lowest BCUT2D eigenvalue weighted by Crippen LogP contribution is -2.44. The Balaban J connectivity index is 1.49. The summed E-state index contributed by atoms with van der Waals surface area (Å²) in [7, 11) is -0.0468. The van der Waals surface area contributed by atoms with Crippen LogP contribution in [0.4, 0.5) is 0 Å². The van der Waals surface area contributed by atoms with Crippen molar-refractivity contribution in [3.8, 4) is 0 Å². The highest BCUT2D eigenvalue weighted by atomic mass is 32.2. The summed E-state index contributed by atoms with van der Waals surface area (Å²) in [5, 5.41) is 0. The third-order valence-electron chi connectivity index (χ3n) is 5.51. The van der Waals surface area contributed by atoms with Gasteiger partial charge in [-0.2, -0.15) is 17.0 Å². The van der Waals surface area contributed by atoms with Gasteiger partial charge in [0.1, 0.15) is 0 Å². The summed E-state index contributed by atoms with van der Waals surface area (Å²) < 4.78 is 27.3. The molecule has 140 valence electrons. The zero-order chi connectivity index (χ0) is 17.9. The molecule has 0 radical (unpaired) electrons. The largest absolute Gasteiger partial charge is 0.299 e. The second-order valence-electron chi connectivity index (χ2n) is 7.64. The van der Waals surface area contributed by atoms with E-state index < -0.39 is 10.2 Å². The molecule has 2 aliphatic heterocycles. The Bertz CT molecular complexity index is 644. The van der Waals surface area contributed by atoms with Gasteiger partial charge in [-0.15, -0.1) is 0 Å². The van der Waals surface area contributed by atoms with Crippen LogP contribution in [0.15, 0.2) is 24.3 Å². The molecule has 0 bridgehead atoms. The lowest BCUT2D eigenvalue weighted by Gasteiger charge is -2.32. The molecular formula is C19H31N3O2S. The fraction of sp³-hybridized carbons (Fsp3) is 0.684. The number of nitrogens with zero attached hydrogens (tertiary/aromatic N) is 3. The average Bonchev–Trinajstić information content (AvgIpc) is 3.10. The molecule has 0 amide bonds. The molecule has 0 aliphatic carbocycles. The molecule has 0 saturated carbocycles. The SMILES string of the molecule is CN(C)S(=O)(=O)N1CCC(Cc2ccc(CN3CCCC3)cc2)CC1. The van der Waals surface area contributed by atoms with E-state index in [-0.39, 0.29) is 0 Å². The lowest BCUT2D eigenvalue weighted by molar-refractivity contribution is 0.262. The van der Waals surface area contributed by atoms with Gasteiger partial charge in [0.15, 0.2) is 0 Å². The second-order valence-corrected chi connectivity index (χ2v) is 9.78. The van der Waals surface area contributed by atoms with Gasteiger partial charge in [0.05, 0.1) is 0 Å². The van der Waals surface area contributed by atoms with Gasteiger partial charge >= 0.3 is 0 Å². The summed E-state index contributed by atoms with van der Waals surface area (Å²) in [6.07, 6.45) is 5.62. The minimum Gasteiger partial charge on any atom is -0.299 e. The van der Waals surface area contributed by atoms with E-state index in [1.165, 1.54) is 41.4 Å². The van der Waals surface area contributed by atoms with E-state index in [4.69, 9.17) is 0 Å². The minimum absolute atomic E-state index is 0.582. The topological polar surface area (TPSA) is 43.9 Å². The Morgan fingerprint density at radius 3 is 2.08 bits per heavy atom. The summed E-state index contributed by atoms with van der Waals surface area (Å²) in [5.74, 6) is 0.582. The number of likely N-dealkylation sites (tertiary alicyclic amines) is 1. The zero-order valence-electron chi connectivity index (χ0n) is 15.5. The number of hydrogen-bond acceptors (Lipinski definition) is 3. The quantitative estimate of drug-likeness (QED) is 0.777. The number of benzene rings is 1. The molecule has 2 saturated heterocycles. The smallest absolute Gasteiger partial charge is 0.281 e. The molecule has 0 aromatic heterocycles. The first kappa shape index (κ1) is 18.8. The molecule has 0 spiro atoms. The molecule has 2 heterocycles. The predicted molar refractivity (Wildman–Crippen MR) is 102 cm³/mol. The van der Waals surface area contributed by atoms with Gasteiger partial charge < -0.3 is 0 Å². The van der Waals surface area contributed by atoms with Gasteiger partial charge in [-0.25, -0.2) is 0 Å². The van der Waals surface area contributed by atoms with Crippen LogP contribution in [0.5, 0.6) is 0 Å². The minimum atomic E-state index is -3.25. The van der Waals surface area contributed by atoms with Crippen LogP contribution in [-0.2, 0) is 23.2 Å². The van der Waals surface area contributed by atoms with Crippen molar-refractivity contribution in [2.24, 2.45) is 5.92 Å². The van der Waals surface area contributed by atoms with Crippen molar-refractivity contribution in [3.05, 3.63) is 35.4 Å². The van der Waals surface area contributed by atoms with Crippen LogP contribution < -0.4 is 0 Å². The summed E-state index contributed by atoms with van der Waals surface area (Å²) in [6.45, 7) is 4.81. The van der Waals surface area contributed by atoms with Gasteiger partial charge in [-0.1, -0.05) is 24.3 Å². The Labute approximate surface area is 152 Å². The van der Waals surface area contributed by atoms with Gasteiger partial charge in [-0.3, -0.25) is 4.90 Å². The average molecular weight is 366 g/mol. The van der Waals surface area contributed by atoms with Crippen LogP contribution in [0.1, 0.15) is 36.8 Å². The first-order valence-corrected chi connectivity index (χ1v) is 10.8. The van der Waals surface area contributed by atoms with Crippen molar-refractivity contribution in [1.82, 2.24) is 13.5 Å². The van der Waals surface area contributed by atoms with E-state index >= 15 is 0 Å². The number of hydrogen-bond donors (Lipinski definition) is 0. The van der Waals surface area contributed by atoms with Gasteiger partial charge in [0.25, 0.3) is 10.2 Å². The highest BCUT2D eigenvalue weighted by Gasteiger charge is 2.29. The van der Waals surface area contributed by atoms with Crippen molar-refractivity contribution in [1.29, 1.82) is 0 Å². The zero-order valence-corrected chi connectivity index (χ0v) is 16.3. The van der Waals surface area contributed by atoms with E-state index in [0.29, 0.717) is 19.0 Å². The van der Waals surface area contributed by atoms with Crippen LogP contribution in [0.3, 0.4) is 0 Å². The van der Waals surface area contributed by atoms with Crippen LogP contribution in [0, 0.1) is 5.92 Å². The Morgan fingerprint density at radius 2 is 1.52 bits per heavy atom. The van der Waals surface area contributed by atoms with Gasteiger partial charge in [-0.05, 0) is 62.2 Å². The molecule has 6 heteroatoms. The summed E-state index contributed by atoms with van der Waals surface area (Å²) in [4.78, 5) is 2.52. The summed E-state index contributed by atoms with van der Waals surface area (Å²) >= 11 is 0. The molecule has 0 N–H and O–H groups in total. The van der Waals surface area contributed by atoms with E-state index in [2.05, 4.69) is 29.2 Å². The van der Waals surface area contributed by atoms with Crippen LogP contribution >= 0.6 is 0 Å². The lowest BCUT2D eigenvalue weighted by atomic mass is 9.91. The molecule has 2 aliphatic rings. The maximum absolute atomic E-state index is 12.2. The fourth-order valence-electron chi connectivity index (χ4n) is 3.89. The summed E-state index contributed by atoms with van der Waals surface area (Å²) in [5.41, 5.74) is 2.77. The molecule has 0 atom stereocenters. The normalized spacial score (nSPS) is 21.2. The van der Waals surface area contributed by atoms with Crippen molar-refractivity contribution in [2.75, 3.05) is 40.3 Å². The predicted octanol–water partition coefficient (Wildman–Crippen LogP) is 2.34. The molecular weight excluding hydrogens is 334 g/mol. The van der Waals surface area contributed by atoms with E-state index in [1.807, 2.05) is 0 Å². The van der Waals surface area contributed by atoms with Crippen molar-refractivity contribution < 1.29 is 8.42 Å². The van der Waals surface area contributed by atoms with Crippen LogP contribution in [0.25, 0.3) is 0 Å². The number of piperidine rings is 1. The van der Waals surface area contributed by atoms with Crippen LogP contribution in [0.2, 0.25) is 0 Å². The third-order valence-corrected chi connectivity index (χ3v) is 7.45. The number of rotatable bonds is 6. The maximum atomic E-state index is 12.2. The molecule has 2 fully saturated rings. The van der Waals surface area contributed by atoms with E-state index in [0.717, 1.165) is 25.8 Å². The summed E-state index contributed by atoms with van der Waals surface area (Å²) in [6, 6.07) is 9.04. The van der Waals surface area contributed by atoms with Crippen molar-refractivity contribution in [2.45, 2.75) is 38.6 Å². The first-order chi connectivity index (χ1) is 11.9. The molecule has 5 nitrogen and oxygen atoms in total. The molecule has 0 unspecified atom stereocenters. The van der Waals surface area contributed by atoms with Gasteiger partial charge in [0, 0.05) is 33.7 Å². The van der Waals surface area contributed by atoms with Crippen molar-refractivity contribution in [3.63, 3.8) is 0 Å². The Kier molecular flexibility index (Phi) is 6.15. The molecule has 1 aromatic carbocycles. The van der Waals surface area contributed by atoms with Gasteiger partial charge in [0.2, 0.25) is 0 Å². The van der Waals surface area contributed by atoms with E-state index in [9.17, 15) is 8.42 Å². The molecule has 3 rings (SSSR count). The van der Waals surface area contributed by atoms with Crippen LogP contribution in [-0.4, -0.2) is 62.2 Å². The first-order valence-electron chi connectivity index (χ1n) is 9.43. The highest BCUT2D eigenvalue weighted by Crippen LogP contribution is 2.24. The molecule has 1 aromatic rings. The standard InChI is InChI=1S/C19H31N3O2S/c1-20(2)25(23,24)22-13-9-18(10-14-22)15-17-5-7-19(8-6-17)16-21-11-3-4-12-21/h5-8,18H,3-4,9-16H2,1-2H3.